The molecule has 2 aromatic heterocycles. The number of amides is 1. The van der Waals surface area contributed by atoms with Crippen LogP contribution in [-0.2, 0) is 29.0 Å². The van der Waals surface area contributed by atoms with Crippen molar-refractivity contribution in [3.63, 3.8) is 0 Å². The molecule has 1 aliphatic rings. The molecule has 1 fully saturated rings. The van der Waals surface area contributed by atoms with Gasteiger partial charge < -0.3 is 36.3 Å². The van der Waals surface area contributed by atoms with Crippen molar-refractivity contribution < 1.29 is 13.9 Å². The van der Waals surface area contributed by atoms with Crippen LogP contribution in [0.5, 0.6) is 0 Å². The lowest BCUT2D eigenvalue weighted by molar-refractivity contribution is -0.122. The van der Waals surface area contributed by atoms with Crippen LogP contribution in [0.15, 0.2) is 66.7 Å². The van der Waals surface area contributed by atoms with Gasteiger partial charge in [-0.15, -0.1) is 0 Å². The van der Waals surface area contributed by atoms with Crippen molar-refractivity contribution >= 4 is 40.5 Å². The largest absolute Gasteiger partial charge is 0.383 e. The third-order valence-electron chi connectivity index (χ3n) is 8.09. The Bertz CT molecular complexity index is 1940. The molecular weight excluding hydrogens is 639 g/mol. The number of carbonyl (C=O) groups is 1. The molecule has 0 spiro atoms. The second-order valence-electron chi connectivity index (χ2n) is 11.8. The number of nitrogens with one attached hydrogen (secondary N) is 6. The van der Waals surface area contributed by atoms with E-state index < -0.39 is 6.04 Å². The topological polar surface area (TPSA) is 181 Å². The van der Waals surface area contributed by atoms with Crippen LogP contribution in [-0.4, -0.2) is 88.2 Å². The number of carbonyl (C=O) groups excluding carboxylic acids is 1. The number of H-pyrrole nitrogens is 1. The SMILES string of the molecule is COCCNC(=O)C(Cc1ccc(C#N)cc1)Nc1nc(NCc2nc3cc(F)ccc3[nH]2)nc(Nc2cccc(CN3CCNCC3)c2)n1. The molecule has 3 heterocycles. The Kier molecular flexibility index (Phi) is 11.4. The molecule has 14 nitrogen and oxygen atoms in total. The molecule has 15 heteroatoms. The van der Waals surface area contributed by atoms with E-state index in [2.05, 4.69) is 74.6 Å². The maximum absolute atomic E-state index is 13.8. The van der Waals surface area contributed by atoms with Crippen LogP contribution >= 0.6 is 0 Å². The molecule has 6 N–H and O–H groups in total. The number of aromatic nitrogens is 5. The van der Waals surface area contributed by atoms with Crippen LogP contribution < -0.4 is 26.6 Å². The number of fused-ring (bicyclic) bond motifs is 1. The summed E-state index contributed by atoms with van der Waals surface area (Å²) in [7, 11) is 1.57. The van der Waals surface area contributed by atoms with E-state index in [0.29, 0.717) is 42.0 Å². The van der Waals surface area contributed by atoms with Crippen LogP contribution in [0.1, 0.15) is 22.5 Å². The van der Waals surface area contributed by atoms with E-state index in [1.165, 1.54) is 12.1 Å². The van der Waals surface area contributed by atoms with E-state index in [4.69, 9.17) is 4.74 Å². The summed E-state index contributed by atoms with van der Waals surface area (Å²) in [6, 6.07) is 20.9. The number of imidazole rings is 1. The Morgan fingerprint density at radius 3 is 2.60 bits per heavy atom. The third kappa shape index (κ3) is 9.47. The summed E-state index contributed by atoms with van der Waals surface area (Å²) in [6.45, 7) is 5.62. The molecule has 1 atom stereocenters. The molecule has 6 rings (SSSR count). The Hall–Kier alpha value is -5.69. The summed E-state index contributed by atoms with van der Waals surface area (Å²) in [6.07, 6.45) is 0.297. The van der Waals surface area contributed by atoms with Gasteiger partial charge in [-0.1, -0.05) is 24.3 Å². The second kappa shape index (κ2) is 16.6. The molecular formula is C35H39FN12O2. The number of hydrogen-bond acceptors (Lipinski definition) is 12. The van der Waals surface area contributed by atoms with E-state index in [1.54, 1.807) is 25.3 Å². The van der Waals surface area contributed by atoms with Gasteiger partial charge in [0, 0.05) is 64.6 Å². The first kappa shape index (κ1) is 34.2. The molecule has 0 radical (unpaired) electrons. The molecule has 1 amide bonds. The van der Waals surface area contributed by atoms with Gasteiger partial charge >= 0.3 is 0 Å². The standard InChI is InChI=1S/C35H39FN12O2/c1-50-16-13-39-32(49)30(18-23-5-7-24(20-37)8-6-23)44-35-46-33(40-21-31-42-28-10-9-26(36)19-29(28)43-31)45-34(47-35)41-27-4-2-3-25(17-27)22-48-14-11-38-12-15-48/h2-10,17,19,30,38H,11-16,18,21-22H2,1H3,(H,39,49)(H,42,43)(H3,40,41,44,45,46,47). The van der Waals surface area contributed by atoms with Crippen molar-refractivity contribution in [2.75, 3.05) is 62.4 Å². The van der Waals surface area contributed by atoms with Gasteiger partial charge in [0.25, 0.3) is 0 Å². The van der Waals surface area contributed by atoms with Crippen LogP contribution in [0.3, 0.4) is 0 Å². The number of piperazine rings is 1. The van der Waals surface area contributed by atoms with Gasteiger partial charge in [0.1, 0.15) is 17.7 Å². The second-order valence-corrected chi connectivity index (χ2v) is 11.8. The monoisotopic (exact) mass is 678 g/mol. The highest BCUT2D eigenvalue weighted by molar-refractivity contribution is 5.84. The number of benzene rings is 3. The molecule has 0 aliphatic carbocycles. The first-order valence-corrected chi connectivity index (χ1v) is 16.4. The maximum Gasteiger partial charge on any atom is 0.243 e. The lowest BCUT2D eigenvalue weighted by atomic mass is 10.0. The Labute approximate surface area is 288 Å². The number of nitrogens with zero attached hydrogens (tertiary/aromatic N) is 6. The minimum absolute atomic E-state index is 0.161. The Morgan fingerprint density at radius 2 is 1.80 bits per heavy atom. The third-order valence-corrected chi connectivity index (χ3v) is 8.09. The number of hydrogen-bond donors (Lipinski definition) is 6. The average Bonchev–Trinajstić information content (AvgIpc) is 3.53. The van der Waals surface area contributed by atoms with Crippen molar-refractivity contribution in [1.82, 2.24) is 40.5 Å². The maximum atomic E-state index is 13.8. The summed E-state index contributed by atoms with van der Waals surface area (Å²) in [5.41, 5.74) is 4.53. The molecule has 1 saturated heterocycles. The van der Waals surface area contributed by atoms with Crippen LogP contribution in [0.2, 0.25) is 0 Å². The number of anilines is 4. The first-order chi connectivity index (χ1) is 24.4. The van der Waals surface area contributed by atoms with Gasteiger partial charge in [0.05, 0.1) is 35.8 Å². The van der Waals surface area contributed by atoms with Gasteiger partial charge in [0.2, 0.25) is 23.8 Å². The zero-order valence-electron chi connectivity index (χ0n) is 27.7. The number of rotatable bonds is 15. The molecule has 1 unspecified atom stereocenters. The Morgan fingerprint density at radius 1 is 1.00 bits per heavy atom. The van der Waals surface area contributed by atoms with Gasteiger partial charge in [-0.3, -0.25) is 9.69 Å². The van der Waals surface area contributed by atoms with Crippen LogP contribution in [0.25, 0.3) is 11.0 Å². The fraction of sp³-hybridized carbons (Fsp3) is 0.314. The van der Waals surface area contributed by atoms with E-state index in [1.807, 2.05) is 24.3 Å². The summed E-state index contributed by atoms with van der Waals surface area (Å²) in [5, 5.41) is 25.2. The lowest BCUT2D eigenvalue weighted by Crippen LogP contribution is -2.42. The lowest BCUT2D eigenvalue weighted by Gasteiger charge is -2.27. The number of aromatic amines is 1. The molecule has 3 aromatic carbocycles. The summed E-state index contributed by atoms with van der Waals surface area (Å²) >= 11 is 0. The molecule has 0 saturated carbocycles. The Balaban J connectivity index is 1.26. The average molecular weight is 679 g/mol. The highest BCUT2D eigenvalue weighted by Gasteiger charge is 2.21. The van der Waals surface area contributed by atoms with E-state index in [9.17, 15) is 14.4 Å². The quantitative estimate of drug-likeness (QED) is 0.0891. The summed E-state index contributed by atoms with van der Waals surface area (Å²) in [4.78, 5) is 37.3. The highest BCUT2D eigenvalue weighted by Crippen LogP contribution is 2.20. The molecule has 5 aromatic rings. The number of halogens is 1. The highest BCUT2D eigenvalue weighted by atomic mass is 19.1. The molecule has 1 aliphatic heterocycles. The summed E-state index contributed by atoms with van der Waals surface area (Å²) < 4.78 is 18.9. The van der Waals surface area contributed by atoms with Crippen LogP contribution in [0.4, 0.5) is 27.9 Å². The van der Waals surface area contributed by atoms with Gasteiger partial charge in [0.15, 0.2) is 0 Å². The van der Waals surface area contributed by atoms with E-state index >= 15 is 0 Å². The summed E-state index contributed by atoms with van der Waals surface area (Å²) in [5.74, 6) is 0.566. The van der Waals surface area contributed by atoms with Gasteiger partial charge in [-0.25, -0.2) is 9.37 Å². The molecule has 258 valence electrons. The predicted molar refractivity (Wildman–Crippen MR) is 188 cm³/mol. The van der Waals surface area contributed by atoms with Gasteiger partial charge in [-0.05, 0) is 47.5 Å². The molecule has 0 bridgehead atoms. The van der Waals surface area contributed by atoms with E-state index in [-0.39, 0.29) is 36.1 Å². The van der Waals surface area contributed by atoms with E-state index in [0.717, 1.165) is 49.5 Å². The number of nitriles is 1. The van der Waals surface area contributed by atoms with Gasteiger partial charge in [-0.2, -0.15) is 20.2 Å². The van der Waals surface area contributed by atoms with Crippen molar-refractivity contribution in [3.05, 3.63) is 95.1 Å². The van der Waals surface area contributed by atoms with Crippen LogP contribution in [0, 0.1) is 17.1 Å². The smallest absolute Gasteiger partial charge is 0.243 e. The zero-order chi connectivity index (χ0) is 34.7. The van der Waals surface area contributed by atoms with Crippen molar-refractivity contribution in [2.24, 2.45) is 0 Å². The molecule has 50 heavy (non-hydrogen) atoms. The fourth-order valence-electron chi connectivity index (χ4n) is 5.57. The van der Waals surface area contributed by atoms with Crippen molar-refractivity contribution in [1.29, 1.82) is 5.26 Å². The first-order valence-electron chi connectivity index (χ1n) is 16.4. The normalized spacial score (nSPS) is 13.8. The fourth-order valence-corrected chi connectivity index (χ4v) is 5.57. The number of ether oxygens (including phenoxy) is 1. The predicted octanol–water partition coefficient (Wildman–Crippen LogP) is 3.31. The zero-order valence-corrected chi connectivity index (χ0v) is 27.7. The minimum atomic E-state index is -0.768. The number of methoxy groups -OCH3 is 1. The minimum Gasteiger partial charge on any atom is -0.383 e. The van der Waals surface area contributed by atoms with Crippen molar-refractivity contribution in [3.8, 4) is 6.07 Å². The van der Waals surface area contributed by atoms with Crippen molar-refractivity contribution in [2.45, 2.75) is 25.6 Å².